The van der Waals surface area contributed by atoms with Crippen molar-refractivity contribution in [2.75, 3.05) is 4.90 Å². The Morgan fingerprint density at radius 2 is 1.90 bits per heavy atom. The number of aryl methyl sites for hydroxylation is 1. The number of anilines is 1. The fourth-order valence-electron chi connectivity index (χ4n) is 2.88. The van der Waals surface area contributed by atoms with Crippen LogP contribution in [0.15, 0.2) is 54.7 Å². The van der Waals surface area contributed by atoms with Gasteiger partial charge in [0.2, 0.25) is 0 Å². The molecular formula is C17H14N2O. The zero-order valence-corrected chi connectivity index (χ0v) is 11.2. The van der Waals surface area contributed by atoms with Crippen molar-refractivity contribution in [2.45, 2.75) is 6.54 Å². The highest BCUT2D eigenvalue weighted by Gasteiger charge is 2.27. The molecule has 1 aromatic heterocycles. The van der Waals surface area contributed by atoms with Crippen LogP contribution < -0.4 is 4.90 Å². The molecule has 98 valence electrons. The molecule has 0 aliphatic carbocycles. The number of fused-ring (bicyclic) bond motifs is 2. The quantitative estimate of drug-likeness (QED) is 0.660. The van der Waals surface area contributed by atoms with E-state index in [9.17, 15) is 4.79 Å². The predicted molar refractivity (Wildman–Crippen MR) is 79.9 cm³/mol. The Balaban J connectivity index is 1.81. The van der Waals surface area contributed by atoms with E-state index in [2.05, 4.69) is 22.8 Å². The largest absolute Gasteiger partial charge is 0.350 e. The van der Waals surface area contributed by atoms with Crippen molar-refractivity contribution in [2.24, 2.45) is 7.05 Å². The third kappa shape index (κ3) is 1.50. The Bertz CT molecular complexity index is 832. The Hall–Kier alpha value is -2.55. The molecule has 0 atom stereocenters. The number of rotatable bonds is 1. The van der Waals surface area contributed by atoms with Gasteiger partial charge in [-0.05, 0) is 35.2 Å². The fraction of sp³-hybridized carbons (Fsp3) is 0.118. The normalized spacial score (nSPS) is 14.1. The summed E-state index contributed by atoms with van der Waals surface area (Å²) in [4.78, 5) is 14.3. The lowest BCUT2D eigenvalue weighted by Crippen LogP contribution is -2.22. The molecule has 2 aromatic carbocycles. The summed E-state index contributed by atoms with van der Waals surface area (Å²) in [6, 6.07) is 16.1. The molecule has 0 fully saturated rings. The van der Waals surface area contributed by atoms with Crippen LogP contribution in [0.1, 0.15) is 15.9 Å². The highest BCUT2D eigenvalue weighted by molar-refractivity contribution is 6.10. The molecule has 0 spiro atoms. The summed E-state index contributed by atoms with van der Waals surface area (Å²) < 4.78 is 2.08. The minimum atomic E-state index is 0.0918. The van der Waals surface area contributed by atoms with Gasteiger partial charge in [0, 0.05) is 30.0 Å². The highest BCUT2D eigenvalue weighted by Crippen LogP contribution is 2.30. The molecule has 0 saturated heterocycles. The average Bonchev–Trinajstić information content (AvgIpc) is 3.01. The molecule has 0 saturated carbocycles. The van der Waals surface area contributed by atoms with Crippen LogP contribution in [-0.4, -0.2) is 10.5 Å². The van der Waals surface area contributed by atoms with Crippen LogP contribution >= 0.6 is 0 Å². The maximum Gasteiger partial charge on any atom is 0.258 e. The highest BCUT2D eigenvalue weighted by atomic mass is 16.2. The molecule has 4 rings (SSSR count). The van der Waals surface area contributed by atoms with Gasteiger partial charge in [0.25, 0.3) is 5.91 Å². The van der Waals surface area contributed by atoms with Crippen LogP contribution in [0.3, 0.4) is 0 Å². The van der Waals surface area contributed by atoms with Gasteiger partial charge in [0.15, 0.2) is 0 Å². The summed E-state index contributed by atoms with van der Waals surface area (Å²) in [7, 11) is 2.02. The van der Waals surface area contributed by atoms with Gasteiger partial charge < -0.3 is 9.47 Å². The van der Waals surface area contributed by atoms with E-state index in [0.29, 0.717) is 6.54 Å². The second kappa shape index (κ2) is 3.97. The van der Waals surface area contributed by atoms with Gasteiger partial charge in [-0.15, -0.1) is 0 Å². The van der Waals surface area contributed by atoms with Crippen LogP contribution in [0.4, 0.5) is 5.69 Å². The number of amides is 1. The van der Waals surface area contributed by atoms with Crippen LogP contribution in [0, 0.1) is 0 Å². The van der Waals surface area contributed by atoms with Gasteiger partial charge in [0.1, 0.15) is 0 Å². The molecule has 1 aliphatic rings. The van der Waals surface area contributed by atoms with Crippen LogP contribution in [0.5, 0.6) is 0 Å². The number of benzene rings is 2. The molecule has 2 heterocycles. The van der Waals surface area contributed by atoms with E-state index >= 15 is 0 Å². The maximum atomic E-state index is 12.5. The second-order valence-corrected chi connectivity index (χ2v) is 5.22. The molecule has 1 aliphatic heterocycles. The van der Waals surface area contributed by atoms with Crippen molar-refractivity contribution in [3.05, 3.63) is 65.9 Å². The van der Waals surface area contributed by atoms with Crippen molar-refractivity contribution in [3.63, 3.8) is 0 Å². The Morgan fingerprint density at radius 1 is 1.05 bits per heavy atom. The predicted octanol–water partition coefficient (Wildman–Crippen LogP) is 3.34. The van der Waals surface area contributed by atoms with Gasteiger partial charge in [-0.25, -0.2) is 0 Å². The van der Waals surface area contributed by atoms with Gasteiger partial charge in [-0.2, -0.15) is 0 Å². The summed E-state index contributed by atoms with van der Waals surface area (Å²) in [5.74, 6) is 0.0918. The van der Waals surface area contributed by atoms with Crippen molar-refractivity contribution in [3.8, 4) is 0 Å². The monoisotopic (exact) mass is 262 g/mol. The molecule has 0 radical (unpaired) electrons. The van der Waals surface area contributed by atoms with Crippen LogP contribution in [-0.2, 0) is 13.6 Å². The zero-order chi connectivity index (χ0) is 13.7. The van der Waals surface area contributed by atoms with Gasteiger partial charge >= 0.3 is 0 Å². The van der Waals surface area contributed by atoms with E-state index < -0.39 is 0 Å². The molecule has 0 N–H and O–H groups in total. The van der Waals surface area contributed by atoms with E-state index in [1.807, 2.05) is 48.5 Å². The van der Waals surface area contributed by atoms with E-state index in [1.165, 1.54) is 5.39 Å². The van der Waals surface area contributed by atoms with Gasteiger partial charge in [-0.1, -0.05) is 24.3 Å². The fourth-order valence-corrected chi connectivity index (χ4v) is 2.88. The van der Waals surface area contributed by atoms with Crippen LogP contribution in [0.25, 0.3) is 10.9 Å². The lowest BCUT2D eigenvalue weighted by atomic mass is 10.1. The molecule has 20 heavy (non-hydrogen) atoms. The first-order valence-corrected chi connectivity index (χ1v) is 6.69. The summed E-state index contributed by atoms with van der Waals surface area (Å²) in [5, 5.41) is 1.19. The first-order chi connectivity index (χ1) is 9.74. The van der Waals surface area contributed by atoms with Gasteiger partial charge in [-0.3, -0.25) is 4.79 Å². The molecular weight excluding hydrogens is 248 g/mol. The van der Waals surface area contributed by atoms with Crippen molar-refractivity contribution < 1.29 is 4.79 Å². The van der Waals surface area contributed by atoms with Crippen LogP contribution in [0.2, 0.25) is 0 Å². The molecule has 3 heteroatoms. The van der Waals surface area contributed by atoms with Crippen molar-refractivity contribution in [1.82, 2.24) is 4.57 Å². The third-order valence-electron chi connectivity index (χ3n) is 4.00. The Morgan fingerprint density at radius 3 is 2.75 bits per heavy atom. The Kier molecular flexibility index (Phi) is 2.24. The maximum absolute atomic E-state index is 12.5. The minimum Gasteiger partial charge on any atom is -0.350 e. The van der Waals surface area contributed by atoms with Crippen molar-refractivity contribution in [1.29, 1.82) is 0 Å². The number of aromatic nitrogens is 1. The first kappa shape index (κ1) is 11.3. The standard InChI is InChI=1S/C17H14N2O/c1-18-9-8-12-6-7-14(10-16(12)18)19-11-13-4-2-3-5-15(13)17(19)20/h2-10H,11H2,1H3. The van der Waals surface area contributed by atoms with E-state index in [0.717, 1.165) is 22.3 Å². The smallest absolute Gasteiger partial charge is 0.258 e. The lowest BCUT2D eigenvalue weighted by molar-refractivity contribution is 0.0996. The van der Waals surface area contributed by atoms with Crippen molar-refractivity contribution >= 4 is 22.5 Å². The summed E-state index contributed by atoms with van der Waals surface area (Å²) in [5.41, 5.74) is 4.02. The molecule has 3 aromatic rings. The summed E-state index contributed by atoms with van der Waals surface area (Å²) in [6.07, 6.45) is 2.04. The first-order valence-electron chi connectivity index (χ1n) is 6.69. The minimum absolute atomic E-state index is 0.0918. The van der Waals surface area contributed by atoms with E-state index in [1.54, 1.807) is 0 Å². The second-order valence-electron chi connectivity index (χ2n) is 5.22. The van der Waals surface area contributed by atoms with E-state index in [4.69, 9.17) is 0 Å². The molecule has 3 nitrogen and oxygen atoms in total. The molecule has 0 unspecified atom stereocenters. The van der Waals surface area contributed by atoms with E-state index in [-0.39, 0.29) is 5.91 Å². The number of hydrogen-bond donors (Lipinski definition) is 0. The number of hydrogen-bond acceptors (Lipinski definition) is 1. The zero-order valence-electron chi connectivity index (χ0n) is 11.2. The third-order valence-corrected chi connectivity index (χ3v) is 4.00. The average molecular weight is 262 g/mol. The number of nitrogens with zero attached hydrogens (tertiary/aromatic N) is 2. The SMILES string of the molecule is Cn1ccc2ccc(N3Cc4ccccc4C3=O)cc21. The lowest BCUT2D eigenvalue weighted by Gasteiger charge is -2.16. The topological polar surface area (TPSA) is 25.2 Å². The number of carbonyl (C=O) groups excluding carboxylic acids is 1. The Labute approximate surface area is 117 Å². The molecule has 1 amide bonds. The van der Waals surface area contributed by atoms with Gasteiger partial charge in [0.05, 0.1) is 6.54 Å². The number of carbonyl (C=O) groups is 1. The summed E-state index contributed by atoms with van der Waals surface area (Å²) >= 11 is 0. The summed E-state index contributed by atoms with van der Waals surface area (Å²) in [6.45, 7) is 0.658. The molecule has 0 bridgehead atoms.